The first kappa shape index (κ1) is 12.5. The second-order valence-electron chi connectivity index (χ2n) is 5.90. The Hall–Kier alpha value is -1.58. The van der Waals surface area contributed by atoms with Crippen LogP contribution in [0.15, 0.2) is 18.3 Å². The highest BCUT2D eigenvalue weighted by Crippen LogP contribution is 2.24. The molecule has 2 unspecified atom stereocenters. The summed E-state index contributed by atoms with van der Waals surface area (Å²) in [7, 11) is 0. The van der Waals surface area contributed by atoms with Gasteiger partial charge < -0.3 is 5.32 Å². The van der Waals surface area contributed by atoms with E-state index < -0.39 is 0 Å². The summed E-state index contributed by atoms with van der Waals surface area (Å²) in [6.45, 7) is 4.43. The van der Waals surface area contributed by atoms with Crippen molar-refractivity contribution in [2.45, 2.75) is 52.0 Å². The molecule has 0 bridgehead atoms. The molecule has 0 radical (unpaired) electrons. The average Bonchev–Trinajstić information content (AvgIpc) is 2.65. The molecular formula is C15H22N4. The van der Waals surface area contributed by atoms with E-state index in [1.807, 2.05) is 16.8 Å². The molecule has 1 saturated carbocycles. The number of anilines is 1. The van der Waals surface area contributed by atoms with Gasteiger partial charge in [-0.1, -0.05) is 25.8 Å². The van der Waals surface area contributed by atoms with Gasteiger partial charge in [0.1, 0.15) is 0 Å². The molecule has 2 atom stereocenters. The summed E-state index contributed by atoms with van der Waals surface area (Å²) in [6.07, 6.45) is 8.46. The Morgan fingerprint density at radius 1 is 1.21 bits per heavy atom. The molecule has 3 rings (SSSR count). The summed E-state index contributed by atoms with van der Waals surface area (Å²) in [6, 6.07) is 4.62. The highest BCUT2D eigenvalue weighted by Gasteiger charge is 2.17. The molecule has 1 aliphatic rings. The molecule has 0 amide bonds. The van der Waals surface area contributed by atoms with Gasteiger partial charge in [-0.25, -0.2) is 4.52 Å². The average molecular weight is 258 g/mol. The third kappa shape index (κ3) is 2.88. The van der Waals surface area contributed by atoms with Gasteiger partial charge in [-0.05, 0) is 43.7 Å². The number of hydrogen-bond donors (Lipinski definition) is 1. The van der Waals surface area contributed by atoms with Gasteiger partial charge in [-0.15, -0.1) is 5.10 Å². The molecule has 4 heteroatoms. The molecule has 1 fully saturated rings. The van der Waals surface area contributed by atoms with Crippen LogP contribution in [0.5, 0.6) is 0 Å². The van der Waals surface area contributed by atoms with E-state index in [9.17, 15) is 0 Å². The van der Waals surface area contributed by atoms with E-state index in [1.54, 1.807) is 0 Å². The lowest BCUT2D eigenvalue weighted by atomic mass is 10.0. The minimum atomic E-state index is 0.531. The Bertz CT molecular complexity index is 560. The van der Waals surface area contributed by atoms with Crippen LogP contribution < -0.4 is 5.32 Å². The van der Waals surface area contributed by atoms with Crippen LogP contribution in [0.3, 0.4) is 0 Å². The van der Waals surface area contributed by atoms with E-state index in [2.05, 4.69) is 35.3 Å². The quantitative estimate of drug-likeness (QED) is 0.839. The molecular weight excluding hydrogens is 236 g/mol. The molecule has 2 aromatic rings. The molecule has 0 saturated heterocycles. The van der Waals surface area contributed by atoms with Crippen molar-refractivity contribution in [2.75, 3.05) is 5.32 Å². The van der Waals surface area contributed by atoms with E-state index in [-0.39, 0.29) is 0 Å². The Balaban J connectivity index is 1.73. The fraction of sp³-hybridized carbons (Fsp3) is 0.600. The molecule has 2 aromatic heterocycles. The maximum atomic E-state index is 4.54. The van der Waals surface area contributed by atoms with Crippen LogP contribution in [0.1, 0.15) is 44.6 Å². The predicted octanol–water partition coefficient (Wildman–Crippen LogP) is 3.42. The Morgan fingerprint density at radius 2 is 2.11 bits per heavy atom. The predicted molar refractivity (Wildman–Crippen MR) is 77.4 cm³/mol. The fourth-order valence-electron chi connectivity index (χ4n) is 2.86. The molecule has 0 aliphatic heterocycles. The summed E-state index contributed by atoms with van der Waals surface area (Å²) in [5, 5.41) is 8.02. The zero-order chi connectivity index (χ0) is 13.2. The number of pyridine rings is 1. The standard InChI is InChI=1S/C15H22N4/c1-11-4-3-5-13(8-6-11)16-15-17-14-9-7-12(2)10-19(14)18-15/h7,9-11,13H,3-6,8H2,1-2H3,(H,16,18). The smallest absolute Gasteiger partial charge is 0.243 e. The van der Waals surface area contributed by atoms with Crippen molar-refractivity contribution >= 4 is 11.6 Å². The van der Waals surface area contributed by atoms with Crippen LogP contribution in [-0.2, 0) is 0 Å². The third-order valence-electron chi connectivity index (χ3n) is 4.07. The van der Waals surface area contributed by atoms with E-state index in [0.717, 1.165) is 17.5 Å². The zero-order valence-electron chi connectivity index (χ0n) is 11.8. The summed E-state index contributed by atoms with van der Waals surface area (Å²) < 4.78 is 1.86. The second-order valence-corrected chi connectivity index (χ2v) is 5.90. The molecule has 1 N–H and O–H groups in total. The van der Waals surface area contributed by atoms with Crippen LogP contribution in [0, 0.1) is 12.8 Å². The monoisotopic (exact) mass is 258 g/mol. The molecule has 0 spiro atoms. The highest BCUT2D eigenvalue weighted by molar-refractivity contribution is 5.44. The van der Waals surface area contributed by atoms with Gasteiger partial charge in [-0.2, -0.15) is 4.98 Å². The molecule has 1 aliphatic carbocycles. The van der Waals surface area contributed by atoms with Crippen LogP contribution in [0.2, 0.25) is 0 Å². The number of aryl methyl sites for hydroxylation is 1. The van der Waals surface area contributed by atoms with Crippen LogP contribution >= 0.6 is 0 Å². The lowest BCUT2D eigenvalue weighted by Gasteiger charge is -2.14. The number of hydrogen-bond acceptors (Lipinski definition) is 3. The van der Waals surface area contributed by atoms with Crippen LogP contribution in [0.25, 0.3) is 5.65 Å². The number of aromatic nitrogens is 3. The van der Waals surface area contributed by atoms with Crippen LogP contribution in [-0.4, -0.2) is 20.6 Å². The van der Waals surface area contributed by atoms with Gasteiger partial charge in [0.15, 0.2) is 5.65 Å². The molecule has 102 valence electrons. The SMILES string of the molecule is Cc1ccc2nc(NC3CCCC(C)CC3)nn2c1. The van der Waals surface area contributed by atoms with Gasteiger partial charge in [0.05, 0.1) is 0 Å². The molecule has 0 aromatic carbocycles. The number of nitrogens with zero attached hydrogens (tertiary/aromatic N) is 3. The van der Waals surface area contributed by atoms with Crippen molar-refractivity contribution < 1.29 is 0 Å². The van der Waals surface area contributed by atoms with Gasteiger partial charge in [0, 0.05) is 12.2 Å². The normalized spacial score (nSPS) is 24.3. The Labute approximate surface area is 114 Å². The minimum absolute atomic E-state index is 0.531. The number of rotatable bonds is 2. The largest absolute Gasteiger partial charge is 0.350 e. The first-order valence-electron chi connectivity index (χ1n) is 7.30. The summed E-state index contributed by atoms with van der Waals surface area (Å²) in [5.74, 6) is 1.63. The van der Waals surface area contributed by atoms with Crippen LogP contribution in [0.4, 0.5) is 5.95 Å². The topological polar surface area (TPSA) is 42.2 Å². The summed E-state index contributed by atoms with van der Waals surface area (Å²) in [4.78, 5) is 4.54. The van der Waals surface area contributed by atoms with Crippen molar-refractivity contribution in [3.8, 4) is 0 Å². The second kappa shape index (κ2) is 5.19. The molecule has 4 nitrogen and oxygen atoms in total. The number of nitrogens with one attached hydrogen (secondary N) is 1. The van der Waals surface area contributed by atoms with E-state index in [1.165, 1.54) is 37.7 Å². The van der Waals surface area contributed by atoms with Crippen molar-refractivity contribution in [1.82, 2.24) is 14.6 Å². The Kier molecular flexibility index (Phi) is 3.40. The minimum Gasteiger partial charge on any atom is -0.350 e. The Morgan fingerprint density at radius 3 is 3.00 bits per heavy atom. The van der Waals surface area contributed by atoms with Gasteiger partial charge in [0.25, 0.3) is 0 Å². The highest BCUT2D eigenvalue weighted by atomic mass is 15.3. The molecule has 19 heavy (non-hydrogen) atoms. The first-order valence-corrected chi connectivity index (χ1v) is 7.30. The fourth-order valence-corrected chi connectivity index (χ4v) is 2.86. The van der Waals surface area contributed by atoms with Gasteiger partial charge >= 0.3 is 0 Å². The summed E-state index contributed by atoms with van der Waals surface area (Å²) in [5.41, 5.74) is 2.11. The third-order valence-corrected chi connectivity index (χ3v) is 4.07. The lowest BCUT2D eigenvalue weighted by molar-refractivity contribution is 0.501. The van der Waals surface area contributed by atoms with E-state index >= 15 is 0 Å². The zero-order valence-corrected chi connectivity index (χ0v) is 11.8. The first-order chi connectivity index (χ1) is 9.20. The van der Waals surface area contributed by atoms with E-state index in [0.29, 0.717) is 6.04 Å². The van der Waals surface area contributed by atoms with Crippen molar-refractivity contribution in [3.63, 3.8) is 0 Å². The molecule has 2 heterocycles. The van der Waals surface area contributed by atoms with Crippen molar-refractivity contribution in [1.29, 1.82) is 0 Å². The maximum Gasteiger partial charge on any atom is 0.243 e. The van der Waals surface area contributed by atoms with Gasteiger partial charge in [-0.3, -0.25) is 0 Å². The van der Waals surface area contributed by atoms with Gasteiger partial charge in [0.2, 0.25) is 5.95 Å². The maximum absolute atomic E-state index is 4.54. The van der Waals surface area contributed by atoms with Crippen molar-refractivity contribution in [3.05, 3.63) is 23.9 Å². The summed E-state index contributed by atoms with van der Waals surface area (Å²) >= 11 is 0. The van der Waals surface area contributed by atoms with Crippen molar-refractivity contribution in [2.24, 2.45) is 5.92 Å². The lowest BCUT2D eigenvalue weighted by Crippen LogP contribution is -2.19. The number of fused-ring (bicyclic) bond motifs is 1. The van der Waals surface area contributed by atoms with E-state index in [4.69, 9.17) is 0 Å².